The molecule has 3 heterocycles. The number of nitrogens with zero attached hydrogens (tertiary/aromatic N) is 5. The van der Waals surface area contributed by atoms with Crippen LogP contribution in [0.15, 0.2) is 47.3 Å². The second-order valence-electron chi connectivity index (χ2n) is 8.46. The van der Waals surface area contributed by atoms with E-state index < -0.39 is 17.3 Å². The molecule has 1 aliphatic rings. The zero-order chi connectivity index (χ0) is 24.7. The standard InChI is InChI=1S/C25H25FN6O3/c1-15-27-22-19(30(15)2)11-9-17(24(22)31-13-4-5-14-31)28-25(34)18-10-12-21(33)32(29-18)23-16(26)7-6-8-20(23)35-3/h6-12H,4-5,13-14H2,1-3H3,(H,28,34). The number of methoxy groups -OCH3 is 1. The Bertz CT molecular complexity index is 1500. The van der Waals surface area contributed by atoms with E-state index in [9.17, 15) is 14.0 Å². The van der Waals surface area contributed by atoms with Crippen LogP contribution in [0.2, 0.25) is 0 Å². The van der Waals surface area contributed by atoms with Crippen LogP contribution in [-0.4, -0.2) is 45.4 Å². The first-order chi connectivity index (χ1) is 16.9. The van der Waals surface area contributed by atoms with E-state index in [4.69, 9.17) is 9.72 Å². The maximum Gasteiger partial charge on any atom is 0.276 e. The summed E-state index contributed by atoms with van der Waals surface area (Å²) in [5.74, 6) is -0.216. The summed E-state index contributed by atoms with van der Waals surface area (Å²) in [5, 5.41) is 7.09. The molecular weight excluding hydrogens is 451 g/mol. The molecule has 180 valence electrons. The summed E-state index contributed by atoms with van der Waals surface area (Å²) in [4.78, 5) is 32.7. The van der Waals surface area contributed by atoms with Crippen molar-refractivity contribution < 1.29 is 13.9 Å². The predicted octanol–water partition coefficient (Wildman–Crippen LogP) is 3.43. The Morgan fingerprint density at radius 2 is 1.86 bits per heavy atom. The largest absolute Gasteiger partial charge is 0.494 e. The molecule has 2 aromatic carbocycles. The third-order valence-corrected chi connectivity index (χ3v) is 6.34. The van der Waals surface area contributed by atoms with Gasteiger partial charge in [0.25, 0.3) is 11.5 Å². The minimum Gasteiger partial charge on any atom is -0.494 e. The van der Waals surface area contributed by atoms with Crippen molar-refractivity contribution in [3.63, 3.8) is 0 Å². The number of amides is 1. The summed E-state index contributed by atoms with van der Waals surface area (Å²) in [6.07, 6.45) is 2.12. The van der Waals surface area contributed by atoms with Gasteiger partial charge in [0, 0.05) is 26.2 Å². The lowest BCUT2D eigenvalue weighted by atomic mass is 10.2. The molecule has 35 heavy (non-hydrogen) atoms. The van der Waals surface area contributed by atoms with Gasteiger partial charge in [-0.2, -0.15) is 9.78 Å². The number of hydrogen-bond acceptors (Lipinski definition) is 6. The van der Waals surface area contributed by atoms with E-state index in [2.05, 4.69) is 15.3 Å². The summed E-state index contributed by atoms with van der Waals surface area (Å²) >= 11 is 0. The summed E-state index contributed by atoms with van der Waals surface area (Å²) in [6, 6.07) is 10.5. The van der Waals surface area contributed by atoms with E-state index >= 15 is 0 Å². The molecular formula is C25H25FN6O3. The Morgan fingerprint density at radius 3 is 2.60 bits per heavy atom. The summed E-state index contributed by atoms with van der Waals surface area (Å²) in [6.45, 7) is 3.68. The number of rotatable bonds is 5. The summed E-state index contributed by atoms with van der Waals surface area (Å²) in [7, 11) is 3.33. The van der Waals surface area contributed by atoms with Crippen LogP contribution in [-0.2, 0) is 7.05 Å². The van der Waals surface area contributed by atoms with Crippen molar-refractivity contribution in [3.8, 4) is 11.4 Å². The maximum absolute atomic E-state index is 14.6. The fourth-order valence-electron chi connectivity index (χ4n) is 4.47. The highest BCUT2D eigenvalue weighted by molar-refractivity contribution is 6.08. The quantitative estimate of drug-likeness (QED) is 0.474. The molecule has 0 spiro atoms. The Hall–Kier alpha value is -4.21. The van der Waals surface area contributed by atoms with Gasteiger partial charge in [-0.25, -0.2) is 9.37 Å². The van der Waals surface area contributed by atoms with Crippen LogP contribution in [0, 0.1) is 12.7 Å². The van der Waals surface area contributed by atoms with Crippen LogP contribution >= 0.6 is 0 Å². The maximum atomic E-state index is 14.6. The second kappa shape index (κ2) is 8.86. The van der Waals surface area contributed by atoms with Gasteiger partial charge in [-0.1, -0.05) is 6.07 Å². The highest BCUT2D eigenvalue weighted by Crippen LogP contribution is 2.36. The average molecular weight is 477 g/mol. The molecule has 1 fully saturated rings. The molecule has 4 aromatic rings. The lowest BCUT2D eigenvalue weighted by Gasteiger charge is -2.22. The molecule has 5 rings (SSSR count). The number of para-hydroxylation sites is 1. The molecule has 1 N–H and O–H groups in total. The van der Waals surface area contributed by atoms with E-state index in [0.717, 1.165) is 53.2 Å². The fourth-order valence-corrected chi connectivity index (χ4v) is 4.47. The highest BCUT2D eigenvalue weighted by Gasteiger charge is 2.24. The van der Waals surface area contributed by atoms with E-state index in [0.29, 0.717) is 5.69 Å². The van der Waals surface area contributed by atoms with E-state index in [1.165, 1.54) is 37.4 Å². The first-order valence-corrected chi connectivity index (χ1v) is 11.3. The highest BCUT2D eigenvalue weighted by atomic mass is 19.1. The molecule has 9 nitrogen and oxygen atoms in total. The molecule has 0 unspecified atom stereocenters. The van der Waals surface area contributed by atoms with Gasteiger partial charge in [0.05, 0.1) is 24.0 Å². The number of carbonyl (C=O) groups excluding carboxylic acids is 1. The van der Waals surface area contributed by atoms with Crippen LogP contribution in [0.1, 0.15) is 29.2 Å². The van der Waals surface area contributed by atoms with Gasteiger partial charge in [-0.15, -0.1) is 0 Å². The number of imidazole rings is 1. The van der Waals surface area contributed by atoms with Crippen molar-refractivity contribution >= 4 is 28.3 Å². The van der Waals surface area contributed by atoms with Crippen molar-refractivity contribution in [3.05, 3.63) is 70.2 Å². The Balaban J connectivity index is 1.56. The van der Waals surface area contributed by atoms with Crippen molar-refractivity contribution in [2.24, 2.45) is 7.05 Å². The van der Waals surface area contributed by atoms with Gasteiger partial charge in [-0.05, 0) is 50.1 Å². The fraction of sp³-hybridized carbons (Fsp3) is 0.280. The molecule has 10 heteroatoms. The van der Waals surface area contributed by atoms with Crippen molar-refractivity contribution in [2.75, 3.05) is 30.4 Å². The lowest BCUT2D eigenvalue weighted by Crippen LogP contribution is -2.26. The summed E-state index contributed by atoms with van der Waals surface area (Å²) in [5.41, 5.74) is 2.47. The molecule has 0 bridgehead atoms. The number of halogens is 1. The third kappa shape index (κ3) is 3.90. The number of nitrogens with one attached hydrogen (secondary N) is 1. The van der Waals surface area contributed by atoms with E-state index in [-0.39, 0.29) is 17.1 Å². The second-order valence-corrected chi connectivity index (χ2v) is 8.46. The van der Waals surface area contributed by atoms with E-state index in [1.807, 2.05) is 30.7 Å². The van der Waals surface area contributed by atoms with Crippen LogP contribution in [0.3, 0.4) is 0 Å². The molecule has 0 radical (unpaired) electrons. The Labute approximate surface area is 200 Å². The number of hydrogen-bond donors (Lipinski definition) is 1. The minimum atomic E-state index is -0.691. The third-order valence-electron chi connectivity index (χ3n) is 6.34. The van der Waals surface area contributed by atoms with Crippen LogP contribution in [0.4, 0.5) is 15.8 Å². The number of fused-ring (bicyclic) bond motifs is 1. The zero-order valence-corrected chi connectivity index (χ0v) is 19.7. The van der Waals surface area contributed by atoms with Crippen LogP contribution in [0.5, 0.6) is 5.75 Å². The topological polar surface area (TPSA) is 94.3 Å². The predicted molar refractivity (Wildman–Crippen MR) is 131 cm³/mol. The van der Waals surface area contributed by atoms with Gasteiger partial charge < -0.3 is 19.5 Å². The number of anilines is 2. The molecule has 1 amide bonds. The summed E-state index contributed by atoms with van der Waals surface area (Å²) < 4.78 is 22.7. The zero-order valence-electron chi connectivity index (χ0n) is 19.7. The smallest absolute Gasteiger partial charge is 0.276 e. The van der Waals surface area contributed by atoms with Gasteiger partial charge in [-0.3, -0.25) is 9.59 Å². The van der Waals surface area contributed by atoms with Crippen LogP contribution in [0.25, 0.3) is 16.7 Å². The molecule has 0 aliphatic carbocycles. The SMILES string of the molecule is COc1cccc(F)c1-n1nc(C(=O)Nc2ccc3c(nc(C)n3C)c2N2CCCC2)ccc1=O. The van der Waals surface area contributed by atoms with Crippen molar-refractivity contribution in [1.82, 2.24) is 19.3 Å². The number of aryl methyl sites for hydroxylation is 2. The molecule has 1 saturated heterocycles. The lowest BCUT2D eigenvalue weighted by molar-refractivity contribution is 0.102. The average Bonchev–Trinajstić information content (AvgIpc) is 3.47. The number of benzene rings is 2. The molecule has 0 atom stereocenters. The molecule has 0 saturated carbocycles. The first kappa shape index (κ1) is 22.6. The normalized spacial score (nSPS) is 13.4. The van der Waals surface area contributed by atoms with Gasteiger partial charge in [0.15, 0.2) is 5.82 Å². The molecule has 2 aromatic heterocycles. The van der Waals surface area contributed by atoms with Crippen molar-refractivity contribution in [1.29, 1.82) is 0 Å². The molecule has 1 aliphatic heterocycles. The van der Waals surface area contributed by atoms with Crippen LogP contribution < -0.4 is 20.5 Å². The minimum absolute atomic E-state index is 0.0421. The number of aromatic nitrogens is 4. The number of ether oxygens (including phenoxy) is 1. The first-order valence-electron chi connectivity index (χ1n) is 11.3. The van der Waals surface area contributed by atoms with Gasteiger partial charge in [0.1, 0.15) is 28.5 Å². The Kier molecular flexibility index (Phi) is 5.72. The van der Waals surface area contributed by atoms with Crippen molar-refractivity contribution in [2.45, 2.75) is 19.8 Å². The number of carbonyl (C=O) groups is 1. The van der Waals surface area contributed by atoms with E-state index in [1.54, 1.807) is 0 Å². The Morgan fingerprint density at radius 1 is 1.09 bits per heavy atom. The monoisotopic (exact) mass is 476 g/mol. The van der Waals surface area contributed by atoms with Gasteiger partial charge in [0.2, 0.25) is 0 Å². The van der Waals surface area contributed by atoms with Gasteiger partial charge >= 0.3 is 0 Å².